The maximum Gasteiger partial charge on any atom is 0.263 e. The Hall–Kier alpha value is -0.960. The van der Waals surface area contributed by atoms with E-state index in [0.717, 1.165) is 25.9 Å². The van der Waals surface area contributed by atoms with Crippen molar-refractivity contribution < 1.29 is 13.2 Å². The van der Waals surface area contributed by atoms with Crippen LogP contribution < -0.4 is 10.5 Å². The molecule has 2 heterocycles. The quantitative estimate of drug-likeness (QED) is 0.852. The lowest BCUT2D eigenvalue weighted by molar-refractivity contribution is 0.0679. The van der Waals surface area contributed by atoms with Gasteiger partial charge in [0.1, 0.15) is 0 Å². The van der Waals surface area contributed by atoms with Gasteiger partial charge in [-0.25, -0.2) is 13.6 Å². The molecule has 1 atom stereocenters. The van der Waals surface area contributed by atoms with Crippen LogP contribution in [0.25, 0.3) is 0 Å². The standard InChI is InChI=1S/C13H21N3O3S2/c1-9-12(21(14,18)19)6-11(20-9)13(17)16-5-3-4-10(8-16)7-15-2/h6,10,15H,3-5,7-8H2,1-2H3,(H2,14,18,19). The number of thiophene rings is 1. The summed E-state index contributed by atoms with van der Waals surface area (Å²) in [6.45, 7) is 3.99. The Bertz CT molecular complexity index is 623. The Labute approximate surface area is 129 Å². The third-order valence-corrected chi connectivity index (χ3v) is 5.89. The summed E-state index contributed by atoms with van der Waals surface area (Å²) in [5, 5.41) is 8.30. The summed E-state index contributed by atoms with van der Waals surface area (Å²) in [5.74, 6) is 0.352. The molecule has 3 N–H and O–H groups in total. The lowest BCUT2D eigenvalue weighted by Crippen LogP contribution is -2.42. The van der Waals surface area contributed by atoms with Gasteiger partial charge in [0.05, 0.1) is 9.77 Å². The molecule has 1 fully saturated rings. The molecular formula is C13H21N3O3S2. The summed E-state index contributed by atoms with van der Waals surface area (Å²) < 4.78 is 22.9. The predicted molar refractivity (Wildman–Crippen MR) is 83.0 cm³/mol. The highest BCUT2D eigenvalue weighted by molar-refractivity contribution is 7.89. The number of piperidine rings is 1. The van der Waals surface area contributed by atoms with Gasteiger partial charge >= 0.3 is 0 Å². The third-order valence-electron chi connectivity index (χ3n) is 3.69. The molecule has 1 aromatic rings. The van der Waals surface area contributed by atoms with Crippen molar-refractivity contribution >= 4 is 27.3 Å². The van der Waals surface area contributed by atoms with Crippen LogP contribution in [0, 0.1) is 12.8 Å². The minimum atomic E-state index is -3.77. The van der Waals surface area contributed by atoms with E-state index in [1.54, 1.807) is 6.92 Å². The number of amides is 1. The molecule has 0 spiro atoms. The lowest BCUT2D eigenvalue weighted by atomic mass is 9.98. The van der Waals surface area contributed by atoms with Crippen LogP contribution in [0.4, 0.5) is 0 Å². The average molecular weight is 331 g/mol. The maximum absolute atomic E-state index is 12.5. The van der Waals surface area contributed by atoms with E-state index in [0.29, 0.717) is 22.2 Å². The van der Waals surface area contributed by atoms with Crippen molar-refractivity contribution in [1.82, 2.24) is 10.2 Å². The number of primary sulfonamides is 1. The normalized spacial score (nSPS) is 19.8. The minimum Gasteiger partial charge on any atom is -0.338 e. The van der Waals surface area contributed by atoms with Gasteiger partial charge in [-0.15, -0.1) is 11.3 Å². The average Bonchev–Trinajstić information content (AvgIpc) is 2.81. The number of carbonyl (C=O) groups excluding carboxylic acids is 1. The number of sulfonamides is 1. The molecule has 1 amide bonds. The number of carbonyl (C=O) groups is 1. The van der Waals surface area contributed by atoms with Crippen LogP contribution >= 0.6 is 11.3 Å². The Morgan fingerprint density at radius 1 is 1.57 bits per heavy atom. The fourth-order valence-electron chi connectivity index (χ4n) is 2.71. The third kappa shape index (κ3) is 3.82. The first-order valence-electron chi connectivity index (χ1n) is 6.90. The first-order valence-corrected chi connectivity index (χ1v) is 9.26. The fraction of sp³-hybridized carbons (Fsp3) is 0.615. The summed E-state index contributed by atoms with van der Waals surface area (Å²) in [4.78, 5) is 15.4. The molecular weight excluding hydrogens is 310 g/mol. The second-order valence-corrected chi connectivity index (χ2v) is 8.18. The first kappa shape index (κ1) is 16.4. The van der Waals surface area contributed by atoms with Gasteiger partial charge in [0.15, 0.2) is 0 Å². The molecule has 0 saturated carbocycles. The molecule has 1 saturated heterocycles. The molecule has 1 aliphatic rings. The second-order valence-electron chi connectivity index (χ2n) is 5.39. The molecule has 8 heteroatoms. The van der Waals surface area contributed by atoms with Crippen LogP contribution in [-0.4, -0.2) is 45.9 Å². The summed E-state index contributed by atoms with van der Waals surface area (Å²) in [5.41, 5.74) is 0. The number of nitrogens with one attached hydrogen (secondary N) is 1. The van der Waals surface area contributed by atoms with Gasteiger partial charge in [-0.3, -0.25) is 4.79 Å². The Kier molecular flexibility index (Phi) is 5.03. The molecule has 0 aromatic carbocycles. The second kappa shape index (κ2) is 6.43. The zero-order chi connectivity index (χ0) is 15.6. The van der Waals surface area contributed by atoms with E-state index in [1.165, 1.54) is 17.4 Å². The topological polar surface area (TPSA) is 92.5 Å². The SMILES string of the molecule is CNCC1CCCN(C(=O)c2cc(S(N)(=O)=O)c(C)s2)C1. The van der Waals surface area contributed by atoms with E-state index in [9.17, 15) is 13.2 Å². The number of rotatable bonds is 4. The number of nitrogens with two attached hydrogens (primary N) is 1. The monoisotopic (exact) mass is 331 g/mol. The lowest BCUT2D eigenvalue weighted by Gasteiger charge is -2.32. The van der Waals surface area contributed by atoms with Crippen molar-refractivity contribution in [2.45, 2.75) is 24.7 Å². The molecule has 6 nitrogen and oxygen atoms in total. The molecule has 1 aliphatic heterocycles. The molecule has 0 aliphatic carbocycles. The maximum atomic E-state index is 12.5. The van der Waals surface area contributed by atoms with Gasteiger partial charge in [0.25, 0.3) is 5.91 Å². The van der Waals surface area contributed by atoms with Crippen molar-refractivity contribution in [3.05, 3.63) is 15.8 Å². The highest BCUT2D eigenvalue weighted by atomic mass is 32.2. The van der Waals surface area contributed by atoms with Crippen molar-refractivity contribution in [1.29, 1.82) is 0 Å². The van der Waals surface area contributed by atoms with E-state index in [-0.39, 0.29) is 10.8 Å². The van der Waals surface area contributed by atoms with E-state index in [2.05, 4.69) is 5.32 Å². The van der Waals surface area contributed by atoms with E-state index >= 15 is 0 Å². The highest BCUT2D eigenvalue weighted by Crippen LogP contribution is 2.27. The Morgan fingerprint density at radius 3 is 2.86 bits per heavy atom. The summed E-state index contributed by atoms with van der Waals surface area (Å²) in [6.07, 6.45) is 2.08. The van der Waals surface area contributed by atoms with Crippen LogP contribution in [0.15, 0.2) is 11.0 Å². The van der Waals surface area contributed by atoms with Crippen LogP contribution in [0.5, 0.6) is 0 Å². The van der Waals surface area contributed by atoms with Gasteiger partial charge in [-0.1, -0.05) is 0 Å². The first-order chi connectivity index (χ1) is 9.82. The summed E-state index contributed by atoms with van der Waals surface area (Å²) in [7, 11) is -1.86. The number of nitrogens with zero attached hydrogens (tertiary/aromatic N) is 1. The van der Waals surface area contributed by atoms with Gasteiger partial charge in [-0.2, -0.15) is 0 Å². The zero-order valence-electron chi connectivity index (χ0n) is 12.3. The van der Waals surface area contributed by atoms with Crippen molar-refractivity contribution in [2.75, 3.05) is 26.7 Å². The van der Waals surface area contributed by atoms with Gasteiger partial charge in [0, 0.05) is 18.0 Å². The highest BCUT2D eigenvalue weighted by Gasteiger charge is 2.27. The number of hydrogen-bond donors (Lipinski definition) is 2. The molecule has 21 heavy (non-hydrogen) atoms. The van der Waals surface area contributed by atoms with E-state index in [1.807, 2.05) is 11.9 Å². The zero-order valence-corrected chi connectivity index (χ0v) is 13.9. The van der Waals surface area contributed by atoms with Gasteiger partial charge in [-0.05, 0) is 45.3 Å². The number of likely N-dealkylation sites (tertiary alicyclic amines) is 1. The molecule has 2 rings (SSSR count). The van der Waals surface area contributed by atoms with Gasteiger partial charge in [0.2, 0.25) is 10.0 Å². The molecule has 1 unspecified atom stereocenters. The Balaban J connectivity index is 2.17. The summed E-state index contributed by atoms with van der Waals surface area (Å²) in [6, 6.07) is 1.40. The Morgan fingerprint density at radius 2 is 2.29 bits per heavy atom. The van der Waals surface area contributed by atoms with E-state index < -0.39 is 10.0 Å². The molecule has 0 radical (unpaired) electrons. The minimum absolute atomic E-state index is 0.0552. The predicted octanol–water partition coefficient (Wildman–Crippen LogP) is 0.776. The molecule has 0 bridgehead atoms. The largest absolute Gasteiger partial charge is 0.338 e. The summed E-state index contributed by atoms with van der Waals surface area (Å²) >= 11 is 1.19. The fourth-order valence-corrected chi connectivity index (χ4v) is 4.83. The van der Waals surface area contributed by atoms with Crippen LogP contribution in [0.1, 0.15) is 27.4 Å². The molecule has 118 valence electrons. The number of hydrogen-bond acceptors (Lipinski definition) is 5. The van der Waals surface area contributed by atoms with Crippen LogP contribution in [0.2, 0.25) is 0 Å². The van der Waals surface area contributed by atoms with Crippen molar-refractivity contribution in [3.8, 4) is 0 Å². The number of aryl methyl sites for hydroxylation is 1. The van der Waals surface area contributed by atoms with Crippen molar-refractivity contribution in [2.24, 2.45) is 11.1 Å². The molecule has 1 aromatic heterocycles. The van der Waals surface area contributed by atoms with Gasteiger partial charge < -0.3 is 10.2 Å². The van der Waals surface area contributed by atoms with Crippen LogP contribution in [0.3, 0.4) is 0 Å². The van der Waals surface area contributed by atoms with Crippen LogP contribution in [-0.2, 0) is 10.0 Å². The van der Waals surface area contributed by atoms with E-state index in [4.69, 9.17) is 5.14 Å². The van der Waals surface area contributed by atoms with Crippen molar-refractivity contribution in [3.63, 3.8) is 0 Å². The smallest absolute Gasteiger partial charge is 0.263 e.